The smallest absolute Gasteiger partial charge is 0.0451 e. The first-order chi connectivity index (χ1) is 6.31. The van der Waals surface area contributed by atoms with Crippen LogP contribution >= 0.6 is 0 Å². The number of benzene rings is 1. The molecule has 2 aromatic rings. The highest BCUT2D eigenvalue weighted by Gasteiger charge is 1.97. The van der Waals surface area contributed by atoms with E-state index < -0.39 is 0 Å². The van der Waals surface area contributed by atoms with Crippen LogP contribution in [0.15, 0.2) is 30.5 Å². The van der Waals surface area contributed by atoms with Crippen molar-refractivity contribution in [2.24, 2.45) is 0 Å². The lowest BCUT2D eigenvalue weighted by Gasteiger charge is -2.04. The molecule has 1 aromatic heterocycles. The summed E-state index contributed by atoms with van der Waals surface area (Å²) >= 11 is 0. The molecule has 0 spiro atoms. The third-order valence-corrected chi connectivity index (χ3v) is 2.25. The Morgan fingerprint density at radius 1 is 1.23 bits per heavy atom. The molecular weight excluding hydrogens is 160 g/mol. The van der Waals surface area contributed by atoms with Gasteiger partial charge >= 0.3 is 0 Å². The lowest BCUT2D eigenvalue weighted by molar-refractivity contribution is 1.24. The van der Waals surface area contributed by atoms with Crippen molar-refractivity contribution >= 4 is 16.5 Å². The van der Waals surface area contributed by atoms with Gasteiger partial charge in [0.2, 0.25) is 0 Å². The quantitative estimate of drug-likeness (QED) is 0.715. The van der Waals surface area contributed by atoms with Crippen LogP contribution in [-0.4, -0.2) is 12.0 Å². The number of nitrogens with one attached hydrogen (secondary N) is 1. The maximum Gasteiger partial charge on any atom is 0.0451 e. The van der Waals surface area contributed by atoms with E-state index in [1.807, 2.05) is 26.2 Å². The molecular formula is C11H12N2. The zero-order valence-corrected chi connectivity index (χ0v) is 7.83. The average molecular weight is 172 g/mol. The summed E-state index contributed by atoms with van der Waals surface area (Å²) in [6.45, 7) is 2.03. The number of hydrogen-bond acceptors (Lipinski definition) is 2. The van der Waals surface area contributed by atoms with Crippen molar-refractivity contribution in [1.82, 2.24) is 4.98 Å². The average Bonchev–Trinajstić information content (AvgIpc) is 2.18. The standard InChI is InChI=1S/C11H12N2/c1-8-11-7-10(12-2)4-3-9(11)5-6-13-8/h3-7,12H,1-2H3. The van der Waals surface area contributed by atoms with Gasteiger partial charge < -0.3 is 5.32 Å². The van der Waals surface area contributed by atoms with Crippen LogP contribution in [0, 0.1) is 6.92 Å². The predicted molar refractivity (Wildman–Crippen MR) is 56.0 cm³/mol. The zero-order valence-electron chi connectivity index (χ0n) is 7.83. The van der Waals surface area contributed by atoms with E-state index in [0.29, 0.717) is 0 Å². The Morgan fingerprint density at radius 2 is 2.08 bits per heavy atom. The molecule has 1 aromatic carbocycles. The van der Waals surface area contributed by atoms with Gasteiger partial charge in [0, 0.05) is 30.0 Å². The van der Waals surface area contributed by atoms with E-state index in [2.05, 4.69) is 28.5 Å². The molecule has 0 saturated carbocycles. The highest BCUT2D eigenvalue weighted by Crippen LogP contribution is 2.20. The van der Waals surface area contributed by atoms with Gasteiger partial charge in [-0.1, -0.05) is 6.07 Å². The Morgan fingerprint density at radius 3 is 2.85 bits per heavy atom. The van der Waals surface area contributed by atoms with E-state index >= 15 is 0 Å². The number of aryl methyl sites for hydroxylation is 1. The van der Waals surface area contributed by atoms with Crippen LogP contribution < -0.4 is 5.32 Å². The van der Waals surface area contributed by atoms with Crippen molar-refractivity contribution < 1.29 is 0 Å². The van der Waals surface area contributed by atoms with E-state index in [-0.39, 0.29) is 0 Å². The molecule has 0 radical (unpaired) electrons. The van der Waals surface area contributed by atoms with Gasteiger partial charge in [-0.2, -0.15) is 0 Å². The van der Waals surface area contributed by atoms with Crippen molar-refractivity contribution in [3.63, 3.8) is 0 Å². The van der Waals surface area contributed by atoms with Gasteiger partial charge in [0.15, 0.2) is 0 Å². The second-order valence-electron chi connectivity index (χ2n) is 3.08. The summed E-state index contributed by atoms with van der Waals surface area (Å²) in [4.78, 5) is 4.25. The number of pyridine rings is 1. The number of rotatable bonds is 1. The Bertz CT molecular complexity index is 435. The molecule has 0 saturated heterocycles. The van der Waals surface area contributed by atoms with Crippen LogP contribution in [-0.2, 0) is 0 Å². The molecule has 0 amide bonds. The number of hydrogen-bond donors (Lipinski definition) is 1. The monoisotopic (exact) mass is 172 g/mol. The predicted octanol–water partition coefficient (Wildman–Crippen LogP) is 2.58. The summed E-state index contributed by atoms with van der Waals surface area (Å²) in [5.41, 5.74) is 2.21. The maximum absolute atomic E-state index is 4.25. The minimum Gasteiger partial charge on any atom is -0.388 e. The second kappa shape index (κ2) is 3.05. The maximum atomic E-state index is 4.25. The van der Waals surface area contributed by atoms with E-state index in [0.717, 1.165) is 11.4 Å². The molecule has 2 nitrogen and oxygen atoms in total. The van der Waals surface area contributed by atoms with E-state index in [9.17, 15) is 0 Å². The fourth-order valence-corrected chi connectivity index (χ4v) is 1.47. The Hall–Kier alpha value is -1.57. The molecule has 0 aliphatic rings. The van der Waals surface area contributed by atoms with Crippen LogP contribution in [0.3, 0.4) is 0 Å². The SMILES string of the molecule is CNc1ccc2ccnc(C)c2c1. The van der Waals surface area contributed by atoms with Crippen molar-refractivity contribution in [2.45, 2.75) is 6.92 Å². The van der Waals surface area contributed by atoms with Crippen LogP contribution in [0.4, 0.5) is 5.69 Å². The first kappa shape index (κ1) is 8.05. The first-order valence-electron chi connectivity index (χ1n) is 4.34. The highest BCUT2D eigenvalue weighted by atomic mass is 14.8. The number of anilines is 1. The molecule has 0 bridgehead atoms. The van der Waals surface area contributed by atoms with Crippen molar-refractivity contribution in [2.75, 3.05) is 12.4 Å². The number of nitrogens with zero attached hydrogens (tertiary/aromatic N) is 1. The van der Waals surface area contributed by atoms with Crippen molar-refractivity contribution in [1.29, 1.82) is 0 Å². The third-order valence-electron chi connectivity index (χ3n) is 2.25. The van der Waals surface area contributed by atoms with Crippen LogP contribution in [0.5, 0.6) is 0 Å². The van der Waals surface area contributed by atoms with Crippen molar-refractivity contribution in [3.8, 4) is 0 Å². The molecule has 0 fully saturated rings. The molecule has 0 aliphatic carbocycles. The normalized spacial score (nSPS) is 10.3. The number of aromatic nitrogens is 1. The minimum absolute atomic E-state index is 1.08. The molecule has 0 unspecified atom stereocenters. The van der Waals surface area contributed by atoms with E-state index in [4.69, 9.17) is 0 Å². The largest absolute Gasteiger partial charge is 0.388 e. The summed E-state index contributed by atoms with van der Waals surface area (Å²) in [6, 6.07) is 8.33. The fourth-order valence-electron chi connectivity index (χ4n) is 1.47. The third kappa shape index (κ3) is 1.35. The molecule has 2 rings (SSSR count). The summed E-state index contributed by atoms with van der Waals surface area (Å²) in [5.74, 6) is 0. The molecule has 66 valence electrons. The van der Waals surface area contributed by atoms with Crippen LogP contribution in [0.25, 0.3) is 10.8 Å². The lowest BCUT2D eigenvalue weighted by Crippen LogP contribution is -1.89. The summed E-state index contributed by atoms with van der Waals surface area (Å²) in [6.07, 6.45) is 1.84. The summed E-state index contributed by atoms with van der Waals surface area (Å²) < 4.78 is 0. The second-order valence-corrected chi connectivity index (χ2v) is 3.08. The summed E-state index contributed by atoms with van der Waals surface area (Å²) in [5, 5.41) is 5.58. The Balaban J connectivity index is 2.74. The topological polar surface area (TPSA) is 24.9 Å². The molecule has 0 aliphatic heterocycles. The summed E-state index contributed by atoms with van der Waals surface area (Å²) in [7, 11) is 1.92. The van der Waals surface area contributed by atoms with Gasteiger partial charge in [-0.05, 0) is 30.5 Å². The van der Waals surface area contributed by atoms with Gasteiger partial charge in [-0.15, -0.1) is 0 Å². The van der Waals surface area contributed by atoms with Crippen LogP contribution in [0.2, 0.25) is 0 Å². The van der Waals surface area contributed by atoms with Gasteiger partial charge in [-0.25, -0.2) is 0 Å². The first-order valence-corrected chi connectivity index (χ1v) is 4.34. The lowest BCUT2D eigenvalue weighted by atomic mass is 10.1. The molecule has 13 heavy (non-hydrogen) atoms. The van der Waals surface area contributed by atoms with Gasteiger partial charge in [-0.3, -0.25) is 4.98 Å². The van der Waals surface area contributed by atoms with Gasteiger partial charge in [0.25, 0.3) is 0 Å². The Kier molecular flexibility index (Phi) is 1.89. The van der Waals surface area contributed by atoms with Gasteiger partial charge in [0.05, 0.1) is 0 Å². The number of fused-ring (bicyclic) bond motifs is 1. The molecule has 0 atom stereocenters. The van der Waals surface area contributed by atoms with E-state index in [1.165, 1.54) is 10.8 Å². The van der Waals surface area contributed by atoms with Crippen LogP contribution in [0.1, 0.15) is 5.69 Å². The van der Waals surface area contributed by atoms with Gasteiger partial charge in [0.1, 0.15) is 0 Å². The zero-order chi connectivity index (χ0) is 9.26. The highest BCUT2D eigenvalue weighted by molar-refractivity contribution is 5.87. The van der Waals surface area contributed by atoms with Crippen molar-refractivity contribution in [3.05, 3.63) is 36.2 Å². The minimum atomic E-state index is 1.08. The molecule has 1 N–H and O–H groups in total. The van der Waals surface area contributed by atoms with E-state index in [1.54, 1.807) is 0 Å². The molecule has 1 heterocycles. The fraction of sp³-hybridized carbons (Fsp3) is 0.182. The Labute approximate surface area is 77.6 Å². The molecule has 2 heteroatoms.